The number of fused-ring (bicyclic) bond motifs is 2. The molecule has 1 N–H and O–H groups in total. The van der Waals surface area contributed by atoms with Crippen LogP contribution >= 0.6 is 22.5 Å². The van der Waals surface area contributed by atoms with Crippen molar-refractivity contribution < 1.29 is 23.6 Å². The largest absolute Gasteiger partial charge is 0.391 e. The van der Waals surface area contributed by atoms with Crippen molar-refractivity contribution in [1.29, 1.82) is 5.26 Å². The number of thiol groups is 1. The summed E-state index contributed by atoms with van der Waals surface area (Å²) in [6, 6.07) is 14.6. The third-order valence-corrected chi connectivity index (χ3v) is 10.6. The molecule has 2 fully saturated rings. The highest BCUT2D eigenvalue weighted by molar-refractivity contribution is 8.68. The van der Waals surface area contributed by atoms with Crippen LogP contribution in [0.25, 0.3) is 5.57 Å². The van der Waals surface area contributed by atoms with Crippen LogP contribution in [0, 0.1) is 24.2 Å². The number of anilines is 1. The lowest BCUT2D eigenvalue weighted by molar-refractivity contribution is -0.120. The van der Waals surface area contributed by atoms with Gasteiger partial charge in [-0.15, -0.1) is 11.7 Å². The number of hydrogen-bond acceptors (Lipinski definition) is 10. The molecule has 9 nitrogen and oxygen atoms in total. The number of hydrogen-bond donors (Lipinski definition) is 2. The molecular weight excluding hydrogens is 734 g/mol. The first-order valence-corrected chi connectivity index (χ1v) is 21.4. The van der Waals surface area contributed by atoms with E-state index in [0.717, 1.165) is 110 Å². The normalized spacial score (nSPS) is 18.9. The van der Waals surface area contributed by atoms with Gasteiger partial charge in [-0.2, -0.15) is 5.26 Å². The number of oxime groups is 1. The number of carbonyl (C=O) groups excluding carboxylic acids is 2. The molecule has 3 heterocycles. The van der Waals surface area contributed by atoms with Gasteiger partial charge in [-0.25, -0.2) is 4.39 Å². The monoisotopic (exact) mass is 791 g/mol. The van der Waals surface area contributed by atoms with Gasteiger partial charge in [0.1, 0.15) is 18.7 Å². The third kappa shape index (κ3) is 15.3. The van der Waals surface area contributed by atoms with Gasteiger partial charge in [0.05, 0.1) is 17.8 Å². The molecular formula is C43H58FN5O4S2. The van der Waals surface area contributed by atoms with E-state index in [0.29, 0.717) is 32.3 Å². The predicted octanol–water partition coefficient (Wildman–Crippen LogP) is 8.43. The van der Waals surface area contributed by atoms with E-state index >= 15 is 4.39 Å². The van der Waals surface area contributed by atoms with Gasteiger partial charge >= 0.3 is 0 Å². The number of benzene rings is 2. The van der Waals surface area contributed by atoms with Crippen LogP contribution in [-0.4, -0.2) is 82.0 Å². The molecule has 0 saturated carbocycles. The first-order chi connectivity index (χ1) is 26.9. The number of ether oxygens (including phenoxy) is 1. The van der Waals surface area contributed by atoms with E-state index in [1.807, 2.05) is 44.2 Å². The summed E-state index contributed by atoms with van der Waals surface area (Å²) >= 11 is 4.24. The summed E-state index contributed by atoms with van der Waals surface area (Å²) in [5.74, 6) is 0.939. The average Bonchev–Trinajstić information content (AvgIpc) is 3.21. The van der Waals surface area contributed by atoms with Gasteiger partial charge in [-0.05, 0) is 102 Å². The van der Waals surface area contributed by atoms with Crippen LogP contribution in [-0.2, 0) is 32.2 Å². The summed E-state index contributed by atoms with van der Waals surface area (Å²) in [5.41, 5.74) is 8.18. The van der Waals surface area contributed by atoms with E-state index in [2.05, 4.69) is 69.2 Å². The Morgan fingerprint density at radius 1 is 1.16 bits per heavy atom. The van der Waals surface area contributed by atoms with Gasteiger partial charge in [-0.1, -0.05) is 54.1 Å². The highest BCUT2D eigenvalue weighted by Gasteiger charge is 2.24. The van der Waals surface area contributed by atoms with E-state index in [1.165, 1.54) is 22.9 Å². The number of nitrogens with one attached hydrogen (secondary N) is 1. The molecule has 0 spiro atoms. The maximum Gasteiger partial charge on any atom is 0.219 e. The minimum absolute atomic E-state index is 0.00292. The Balaban J connectivity index is 0.000000457. The summed E-state index contributed by atoms with van der Waals surface area (Å²) in [7, 11) is 3.09. The molecule has 2 bridgehead atoms. The molecule has 2 saturated heterocycles. The molecule has 0 aromatic heterocycles. The number of piperazine rings is 1. The number of unbranched alkanes of at least 4 members (excludes halogenated alkanes) is 1. The molecule has 1 amide bonds. The zero-order chi connectivity index (χ0) is 39.8. The predicted molar refractivity (Wildman–Crippen MR) is 228 cm³/mol. The number of rotatable bonds is 12. The van der Waals surface area contributed by atoms with Crippen molar-refractivity contribution in [2.75, 3.05) is 63.6 Å². The lowest BCUT2D eigenvalue weighted by atomic mass is 9.88. The molecule has 0 radical (unpaired) electrons. The van der Waals surface area contributed by atoms with Gasteiger partial charge in [0.2, 0.25) is 5.91 Å². The van der Waals surface area contributed by atoms with Crippen LogP contribution < -0.4 is 10.2 Å². The fraction of sp³-hybridized carbons (Fsp3) is 0.488. The number of allylic oxidation sites excluding steroid dienone is 5. The molecule has 12 heteroatoms. The van der Waals surface area contributed by atoms with Gasteiger partial charge in [0.15, 0.2) is 0 Å². The Morgan fingerprint density at radius 2 is 1.91 bits per heavy atom. The molecule has 55 heavy (non-hydrogen) atoms. The minimum Gasteiger partial charge on any atom is -0.391 e. The summed E-state index contributed by atoms with van der Waals surface area (Å²) in [4.78, 5) is 30.4. The van der Waals surface area contributed by atoms with E-state index < -0.39 is 0 Å². The zero-order valence-electron chi connectivity index (χ0n) is 32.9. The number of aldehydes is 1. The molecule has 4 aliphatic rings. The summed E-state index contributed by atoms with van der Waals surface area (Å²) in [5, 5.41) is 15.9. The fourth-order valence-corrected chi connectivity index (χ4v) is 6.93. The molecule has 1 unspecified atom stereocenters. The Labute approximate surface area is 336 Å². The topological polar surface area (TPSA) is 107 Å². The highest BCUT2D eigenvalue weighted by Crippen LogP contribution is 2.34. The van der Waals surface area contributed by atoms with Crippen molar-refractivity contribution in [3.8, 4) is 6.07 Å². The van der Waals surface area contributed by atoms with Gasteiger partial charge in [-0.3, -0.25) is 9.69 Å². The second-order valence-corrected chi connectivity index (χ2v) is 14.7. The molecule has 298 valence electrons. The minimum atomic E-state index is -0.109. The number of nitrogens with zero attached hydrogens (tertiary/aromatic N) is 4. The number of carbonyl (C=O) groups is 2. The third-order valence-electron chi connectivity index (χ3n) is 9.64. The van der Waals surface area contributed by atoms with Crippen LogP contribution in [0.15, 0.2) is 71.2 Å². The quantitative estimate of drug-likeness (QED) is 0.0956. The van der Waals surface area contributed by atoms with E-state index in [-0.39, 0.29) is 17.7 Å². The van der Waals surface area contributed by atoms with E-state index in [9.17, 15) is 14.9 Å². The lowest BCUT2D eigenvalue weighted by Gasteiger charge is -2.37. The number of nitriles is 1. The highest BCUT2D eigenvalue weighted by atomic mass is 33.1. The average molecular weight is 792 g/mol. The van der Waals surface area contributed by atoms with Crippen molar-refractivity contribution in [3.63, 3.8) is 0 Å². The van der Waals surface area contributed by atoms with Crippen molar-refractivity contribution in [1.82, 2.24) is 10.2 Å². The Hall–Kier alpha value is -3.89. The second-order valence-electron chi connectivity index (χ2n) is 13.2. The standard InChI is InChI=1S/C32H35FN4OS2.C6H11NO2.C3H6O.C2H6/c1-23-29-3-2-4-31(23)26(9-11-35-38-22-29)18-27-6-5-24(17-32(27)33)21-36-12-14-37(15-13-36)30-8-7-28(20-34)25(19-30)10-16-40-39;1-7-6(9)4-2-3-5-8;1-2-4-3-1;1-2/h2-4,6-9,11,17,19,24,39H,5,10,12-16,18,21-22H2,1H3;5H,2-4H2,1H3,(H,7,9);1-3H2;1-2H3/b26-9-,35-11-;;;. The van der Waals surface area contributed by atoms with Crippen molar-refractivity contribution >= 4 is 52.1 Å². The van der Waals surface area contributed by atoms with Crippen LogP contribution in [0.4, 0.5) is 10.1 Å². The molecule has 1 atom stereocenters. The summed E-state index contributed by atoms with van der Waals surface area (Å²) in [6.45, 7) is 13.1. The molecule has 2 aromatic carbocycles. The molecule has 1 aliphatic carbocycles. The summed E-state index contributed by atoms with van der Waals surface area (Å²) in [6.07, 6.45) is 13.4. The van der Waals surface area contributed by atoms with Crippen molar-refractivity contribution in [2.45, 2.75) is 72.3 Å². The molecule has 6 rings (SSSR count). The Kier molecular flexibility index (Phi) is 21.6. The number of amides is 1. The molecule has 2 aromatic rings. The van der Waals surface area contributed by atoms with Gasteiger partial charge in [0.25, 0.3) is 0 Å². The maximum absolute atomic E-state index is 15.4. The Bertz CT molecular complexity index is 1670. The van der Waals surface area contributed by atoms with Crippen molar-refractivity contribution in [2.24, 2.45) is 11.1 Å². The SMILES string of the molecule is C1COC1.CC.CNC(=O)CCCC=O.Cc1c2cccc1/C(CC1=CCC(CN3CCN(c4ccc(C#N)c(CCSS)c4)CC3)C=C1F)=C\C=N/OC2. The first kappa shape index (κ1) is 45.5. The van der Waals surface area contributed by atoms with E-state index in [4.69, 9.17) is 9.57 Å². The van der Waals surface area contributed by atoms with Crippen LogP contribution in [0.1, 0.15) is 80.2 Å². The smallest absolute Gasteiger partial charge is 0.219 e. The molecule has 3 aliphatic heterocycles. The second kappa shape index (κ2) is 26.1. The zero-order valence-corrected chi connectivity index (χ0v) is 34.6. The van der Waals surface area contributed by atoms with Crippen molar-refractivity contribution in [3.05, 3.63) is 93.8 Å². The first-order valence-electron chi connectivity index (χ1n) is 19.4. The van der Waals surface area contributed by atoms with Crippen LogP contribution in [0.5, 0.6) is 0 Å². The number of aryl methyl sites for hydroxylation is 1. The summed E-state index contributed by atoms with van der Waals surface area (Å²) < 4.78 is 20.1. The van der Waals surface area contributed by atoms with Gasteiger partial charge in [0, 0.05) is 83.7 Å². The number of halogens is 1. The Morgan fingerprint density at radius 3 is 2.55 bits per heavy atom. The lowest BCUT2D eigenvalue weighted by Crippen LogP contribution is -2.47. The van der Waals surface area contributed by atoms with Crippen LogP contribution in [0.3, 0.4) is 0 Å². The van der Waals surface area contributed by atoms with E-state index in [1.54, 1.807) is 13.3 Å². The fourth-order valence-electron chi connectivity index (χ4n) is 6.35. The maximum atomic E-state index is 15.4. The van der Waals surface area contributed by atoms with Gasteiger partial charge < -0.3 is 24.6 Å². The van der Waals surface area contributed by atoms with Crippen LogP contribution in [0.2, 0.25) is 0 Å².